The van der Waals surface area contributed by atoms with Gasteiger partial charge in [-0.15, -0.1) is 11.3 Å². The average Bonchev–Trinajstić information content (AvgIpc) is 3.16. The molecule has 0 saturated carbocycles. The molecule has 5 nitrogen and oxygen atoms in total. The van der Waals surface area contributed by atoms with E-state index in [0.29, 0.717) is 12.5 Å². The van der Waals surface area contributed by atoms with Gasteiger partial charge in [-0.2, -0.15) is 0 Å². The molecule has 0 atom stereocenters. The van der Waals surface area contributed by atoms with Crippen molar-refractivity contribution in [2.24, 2.45) is 0 Å². The number of hydrogen-bond donors (Lipinski definition) is 2. The number of halogens is 3. The van der Waals surface area contributed by atoms with Crippen LogP contribution in [0.25, 0.3) is 0 Å². The smallest absolute Gasteiger partial charge is 0.275 e. The van der Waals surface area contributed by atoms with E-state index < -0.39 is 29.0 Å². The summed E-state index contributed by atoms with van der Waals surface area (Å²) in [7, 11) is 0. The number of thiazole rings is 1. The molecule has 2 amide bonds. The highest BCUT2D eigenvalue weighted by atomic mass is 32.1. The molecule has 1 heterocycles. The van der Waals surface area contributed by atoms with Crippen LogP contribution in [0.5, 0.6) is 0 Å². The molecule has 0 bridgehead atoms. The van der Waals surface area contributed by atoms with E-state index in [-0.39, 0.29) is 23.2 Å². The predicted molar refractivity (Wildman–Crippen MR) is 99.8 cm³/mol. The first-order valence-electron chi connectivity index (χ1n) is 8.18. The molecule has 0 fully saturated rings. The lowest BCUT2D eigenvalue weighted by molar-refractivity contribution is -0.116. The van der Waals surface area contributed by atoms with Gasteiger partial charge < -0.3 is 10.6 Å². The highest BCUT2D eigenvalue weighted by Crippen LogP contribution is 2.22. The van der Waals surface area contributed by atoms with Gasteiger partial charge in [0.1, 0.15) is 5.69 Å². The number of hydrogen-bond acceptors (Lipinski definition) is 4. The van der Waals surface area contributed by atoms with Crippen molar-refractivity contribution >= 4 is 34.0 Å². The Morgan fingerprint density at radius 3 is 2.46 bits per heavy atom. The van der Waals surface area contributed by atoms with Crippen molar-refractivity contribution in [2.45, 2.75) is 12.8 Å². The van der Waals surface area contributed by atoms with Gasteiger partial charge in [0.05, 0.1) is 5.69 Å². The molecule has 0 aliphatic rings. The van der Waals surface area contributed by atoms with Crippen molar-refractivity contribution in [3.8, 4) is 0 Å². The number of anilines is 2. The number of benzene rings is 2. The molecule has 3 aromatic rings. The Labute approximate surface area is 162 Å². The fraction of sp³-hybridized carbons (Fsp3) is 0.105. The van der Waals surface area contributed by atoms with Gasteiger partial charge in [-0.25, -0.2) is 18.2 Å². The second-order valence-corrected chi connectivity index (χ2v) is 6.61. The van der Waals surface area contributed by atoms with Gasteiger partial charge in [-0.05, 0) is 24.1 Å². The second-order valence-electron chi connectivity index (χ2n) is 5.75. The van der Waals surface area contributed by atoms with Crippen LogP contribution in [0, 0.1) is 17.5 Å². The Kier molecular flexibility index (Phi) is 6.05. The summed E-state index contributed by atoms with van der Waals surface area (Å²) in [4.78, 5) is 28.1. The molecule has 9 heteroatoms. The lowest BCUT2D eigenvalue weighted by Gasteiger charge is -2.05. The molecule has 28 heavy (non-hydrogen) atoms. The number of carbonyl (C=O) groups is 2. The fourth-order valence-corrected chi connectivity index (χ4v) is 3.04. The number of nitrogens with zero attached hydrogens (tertiary/aromatic N) is 1. The van der Waals surface area contributed by atoms with Crippen molar-refractivity contribution in [3.63, 3.8) is 0 Å². The molecule has 2 aromatic carbocycles. The Morgan fingerprint density at radius 1 is 0.964 bits per heavy atom. The minimum absolute atomic E-state index is 0.0903. The molecule has 144 valence electrons. The van der Waals surface area contributed by atoms with E-state index in [2.05, 4.69) is 15.6 Å². The van der Waals surface area contributed by atoms with E-state index in [1.165, 1.54) is 5.38 Å². The van der Waals surface area contributed by atoms with Crippen molar-refractivity contribution in [1.29, 1.82) is 0 Å². The fourth-order valence-electron chi connectivity index (χ4n) is 2.33. The number of nitrogens with one attached hydrogen (secondary N) is 2. The van der Waals surface area contributed by atoms with E-state index in [9.17, 15) is 22.8 Å². The third kappa shape index (κ3) is 4.74. The highest BCUT2D eigenvalue weighted by Gasteiger charge is 2.18. The molecule has 0 aliphatic heterocycles. The van der Waals surface area contributed by atoms with Crippen LogP contribution in [0.2, 0.25) is 0 Å². The van der Waals surface area contributed by atoms with Gasteiger partial charge in [-0.1, -0.05) is 30.3 Å². The summed E-state index contributed by atoms with van der Waals surface area (Å²) in [6.07, 6.45) is 0.798. The van der Waals surface area contributed by atoms with Gasteiger partial charge in [0, 0.05) is 11.8 Å². The van der Waals surface area contributed by atoms with Gasteiger partial charge in [0.2, 0.25) is 5.91 Å². The summed E-state index contributed by atoms with van der Waals surface area (Å²) in [6.45, 7) is 0. The van der Waals surface area contributed by atoms with Crippen LogP contribution < -0.4 is 10.6 Å². The minimum atomic E-state index is -1.68. The molecule has 0 radical (unpaired) electrons. The van der Waals surface area contributed by atoms with E-state index in [1.807, 2.05) is 30.3 Å². The quantitative estimate of drug-likeness (QED) is 0.598. The normalized spacial score (nSPS) is 10.5. The van der Waals surface area contributed by atoms with E-state index in [1.54, 1.807) is 0 Å². The Hall–Kier alpha value is -3.20. The van der Waals surface area contributed by atoms with Crippen molar-refractivity contribution in [1.82, 2.24) is 4.98 Å². The molecule has 1 aromatic heterocycles. The first-order chi connectivity index (χ1) is 13.4. The third-order valence-electron chi connectivity index (χ3n) is 3.75. The Morgan fingerprint density at radius 2 is 1.71 bits per heavy atom. The summed E-state index contributed by atoms with van der Waals surface area (Å²) in [6, 6.07) is 11.1. The van der Waals surface area contributed by atoms with Crippen LogP contribution in [0.3, 0.4) is 0 Å². The van der Waals surface area contributed by atoms with Gasteiger partial charge in [0.25, 0.3) is 5.91 Å². The van der Waals surface area contributed by atoms with Crippen molar-refractivity contribution in [2.75, 3.05) is 10.6 Å². The molecule has 0 aliphatic carbocycles. The number of aryl methyl sites for hydroxylation is 1. The number of carbonyl (C=O) groups excluding carboxylic acids is 2. The third-order valence-corrected chi connectivity index (χ3v) is 4.51. The molecular formula is C19H14F3N3O2S. The zero-order chi connectivity index (χ0) is 20.1. The van der Waals surface area contributed by atoms with Crippen LogP contribution in [0.4, 0.5) is 24.0 Å². The molecule has 0 spiro atoms. The van der Waals surface area contributed by atoms with Crippen LogP contribution in [0.1, 0.15) is 22.5 Å². The average molecular weight is 405 g/mol. The van der Waals surface area contributed by atoms with Gasteiger partial charge in [-0.3, -0.25) is 9.59 Å². The van der Waals surface area contributed by atoms with Crippen LogP contribution in [-0.2, 0) is 11.2 Å². The van der Waals surface area contributed by atoms with Gasteiger partial charge in [0.15, 0.2) is 22.6 Å². The van der Waals surface area contributed by atoms with E-state index in [0.717, 1.165) is 23.0 Å². The summed E-state index contributed by atoms with van der Waals surface area (Å²) in [5, 5.41) is 6.27. The van der Waals surface area contributed by atoms with Crippen LogP contribution in [-0.4, -0.2) is 16.8 Å². The number of rotatable bonds is 6. The monoisotopic (exact) mass is 405 g/mol. The van der Waals surface area contributed by atoms with E-state index >= 15 is 0 Å². The zero-order valence-electron chi connectivity index (χ0n) is 14.3. The van der Waals surface area contributed by atoms with Crippen LogP contribution in [0.15, 0.2) is 47.8 Å². The zero-order valence-corrected chi connectivity index (χ0v) is 15.2. The largest absolute Gasteiger partial charge is 0.318 e. The second kappa shape index (κ2) is 8.66. The first kappa shape index (κ1) is 19.6. The topological polar surface area (TPSA) is 71.1 Å². The summed E-state index contributed by atoms with van der Waals surface area (Å²) in [5.74, 6) is -5.62. The first-order valence-corrected chi connectivity index (χ1v) is 9.06. The SMILES string of the molecule is O=C(CCc1ccccc1)Nc1nc(C(=O)Nc2ccc(F)c(F)c2F)cs1. The standard InChI is InChI=1S/C19H14F3N3O2S/c20-12-7-8-13(17(22)16(12)21)23-18(27)14-10-28-19(24-14)25-15(26)9-6-11-4-2-1-3-5-11/h1-5,7-8,10H,6,9H2,(H,23,27)(H,24,25,26). The summed E-state index contributed by atoms with van der Waals surface area (Å²) in [5.41, 5.74) is 0.420. The van der Waals surface area contributed by atoms with Crippen molar-refractivity contribution in [3.05, 3.63) is 76.6 Å². The van der Waals surface area contributed by atoms with Crippen molar-refractivity contribution < 1.29 is 22.8 Å². The Bertz CT molecular complexity index is 1010. The lowest BCUT2D eigenvalue weighted by atomic mass is 10.1. The minimum Gasteiger partial charge on any atom is -0.318 e. The lowest BCUT2D eigenvalue weighted by Crippen LogP contribution is -2.15. The molecule has 0 unspecified atom stereocenters. The predicted octanol–water partition coefficient (Wildman–Crippen LogP) is 4.38. The molecular weight excluding hydrogens is 391 g/mol. The van der Waals surface area contributed by atoms with E-state index in [4.69, 9.17) is 0 Å². The summed E-state index contributed by atoms with van der Waals surface area (Å²) < 4.78 is 39.8. The number of aromatic nitrogens is 1. The summed E-state index contributed by atoms with van der Waals surface area (Å²) >= 11 is 1.02. The molecule has 2 N–H and O–H groups in total. The van der Waals surface area contributed by atoms with Gasteiger partial charge >= 0.3 is 0 Å². The Balaban J connectivity index is 1.58. The maximum atomic E-state index is 13.6. The molecule has 0 saturated heterocycles. The van der Waals surface area contributed by atoms with Crippen LogP contribution >= 0.6 is 11.3 Å². The molecule has 3 rings (SSSR count). The maximum absolute atomic E-state index is 13.6. The highest BCUT2D eigenvalue weighted by molar-refractivity contribution is 7.14. The maximum Gasteiger partial charge on any atom is 0.275 e. The number of amides is 2.